The number of aryl methyl sites for hydroxylation is 2. The SMILES string of the molecule is Cc1cc(C)c2cc([Si](C(C)C)(C(C)C)C(C)C)c(O)cc2c1. The van der Waals surface area contributed by atoms with Crippen LogP contribution in [0.2, 0.25) is 16.6 Å². The van der Waals surface area contributed by atoms with Crippen molar-refractivity contribution < 1.29 is 5.11 Å². The molecule has 1 nitrogen and oxygen atoms in total. The van der Waals surface area contributed by atoms with E-state index in [0.717, 1.165) is 5.39 Å². The molecule has 0 saturated heterocycles. The van der Waals surface area contributed by atoms with Crippen LogP contribution in [0.1, 0.15) is 52.7 Å². The van der Waals surface area contributed by atoms with Crippen LogP contribution in [0.5, 0.6) is 5.75 Å². The Labute approximate surface area is 142 Å². The number of fused-ring (bicyclic) bond motifs is 1. The minimum Gasteiger partial charge on any atom is -0.508 e. The van der Waals surface area contributed by atoms with Crippen LogP contribution in [0.4, 0.5) is 0 Å². The normalized spacial score (nSPS) is 12.8. The summed E-state index contributed by atoms with van der Waals surface area (Å²) in [6, 6.07) is 8.73. The van der Waals surface area contributed by atoms with E-state index in [1.807, 2.05) is 6.07 Å². The van der Waals surface area contributed by atoms with E-state index in [-0.39, 0.29) is 0 Å². The van der Waals surface area contributed by atoms with E-state index in [9.17, 15) is 5.11 Å². The highest BCUT2D eigenvalue weighted by atomic mass is 28.3. The van der Waals surface area contributed by atoms with Gasteiger partial charge in [0.1, 0.15) is 5.75 Å². The molecule has 2 heteroatoms. The third-order valence-corrected chi connectivity index (χ3v) is 12.8. The number of phenolic OH excluding ortho intramolecular Hbond substituents is 1. The van der Waals surface area contributed by atoms with E-state index in [1.54, 1.807) is 0 Å². The van der Waals surface area contributed by atoms with Gasteiger partial charge in [-0.05, 0) is 58.1 Å². The molecule has 0 atom stereocenters. The molecule has 0 aliphatic heterocycles. The first kappa shape index (κ1) is 18.1. The average Bonchev–Trinajstić information content (AvgIpc) is 2.38. The molecule has 0 fully saturated rings. The summed E-state index contributed by atoms with van der Waals surface area (Å²) in [5.74, 6) is 0.505. The third-order valence-electron chi connectivity index (χ3n) is 5.75. The zero-order valence-electron chi connectivity index (χ0n) is 16.0. The molecule has 0 bridgehead atoms. The molecule has 0 saturated carbocycles. The van der Waals surface area contributed by atoms with Crippen molar-refractivity contribution in [2.45, 2.75) is 72.0 Å². The summed E-state index contributed by atoms with van der Waals surface area (Å²) in [6.07, 6.45) is 0. The number of phenols is 1. The van der Waals surface area contributed by atoms with Crippen LogP contribution in [0.15, 0.2) is 24.3 Å². The van der Waals surface area contributed by atoms with E-state index in [2.05, 4.69) is 73.6 Å². The molecule has 126 valence electrons. The molecular formula is C21H32OSi. The quantitative estimate of drug-likeness (QED) is 0.677. The number of hydrogen-bond donors (Lipinski definition) is 1. The Morgan fingerprint density at radius 2 is 1.30 bits per heavy atom. The van der Waals surface area contributed by atoms with Gasteiger partial charge in [-0.25, -0.2) is 0 Å². The van der Waals surface area contributed by atoms with Crippen molar-refractivity contribution in [1.82, 2.24) is 0 Å². The predicted octanol–water partition coefficient (Wildman–Crippen LogP) is 6.05. The monoisotopic (exact) mass is 328 g/mol. The molecule has 0 radical (unpaired) electrons. The van der Waals surface area contributed by atoms with E-state index >= 15 is 0 Å². The maximum atomic E-state index is 10.9. The van der Waals surface area contributed by atoms with Gasteiger partial charge in [0.05, 0.1) is 8.07 Å². The smallest absolute Gasteiger partial charge is 0.115 e. The Bertz CT molecular complexity index is 692. The lowest BCUT2D eigenvalue weighted by Crippen LogP contribution is -2.55. The topological polar surface area (TPSA) is 20.2 Å². The highest BCUT2D eigenvalue weighted by Crippen LogP contribution is 2.43. The molecule has 0 amide bonds. The van der Waals surface area contributed by atoms with Crippen molar-refractivity contribution in [2.75, 3.05) is 0 Å². The number of benzene rings is 2. The summed E-state index contributed by atoms with van der Waals surface area (Å²) in [6.45, 7) is 18.4. The van der Waals surface area contributed by atoms with E-state index < -0.39 is 8.07 Å². The van der Waals surface area contributed by atoms with Crippen molar-refractivity contribution in [3.63, 3.8) is 0 Å². The maximum Gasteiger partial charge on any atom is 0.115 e. The fraction of sp³-hybridized carbons (Fsp3) is 0.524. The number of aromatic hydroxyl groups is 1. The Balaban J connectivity index is 2.86. The zero-order chi connectivity index (χ0) is 17.5. The van der Waals surface area contributed by atoms with Gasteiger partial charge in [0.15, 0.2) is 0 Å². The Morgan fingerprint density at radius 3 is 1.78 bits per heavy atom. The highest BCUT2D eigenvalue weighted by molar-refractivity contribution is 6.95. The van der Waals surface area contributed by atoms with Crippen LogP contribution >= 0.6 is 0 Å². The fourth-order valence-electron chi connectivity index (χ4n) is 5.05. The zero-order valence-corrected chi connectivity index (χ0v) is 17.0. The van der Waals surface area contributed by atoms with Gasteiger partial charge in [0.25, 0.3) is 0 Å². The standard InChI is InChI=1S/C21H32OSi/c1-13(2)23(14(3)4,15(5)6)21-12-19-17(8)9-16(7)10-18(19)11-20(21)22/h9-15,22H,1-8H3. The molecule has 1 N–H and O–H groups in total. The molecule has 2 rings (SSSR count). The van der Waals surface area contributed by atoms with Crippen molar-refractivity contribution in [3.8, 4) is 5.75 Å². The van der Waals surface area contributed by atoms with Crippen LogP contribution in [0, 0.1) is 13.8 Å². The summed E-state index contributed by atoms with van der Waals surface area (Å²) in [4.78, 5) is 0. The lowest BCUT2D eigenvalue weighted by molar-refractivity contribution is 0.479. The van der Waals surface area contributed by atoms with Gasteiger partial charge in [-0.15, -0.1) is 0 Å². The fourth-order valence-corrected chi connectivity index (χ4v) is 11.8. The van der Waals surface area contributed by atoms with E-state index in [1.165, 1.54) is 21.7 Å². The lowest BCUT2D eigenvalue weighted by Gasteiger charge is -2.44. The highest BCUT2D eigenvalue weighted by Gasteiger charge is 2.46. The Kier molecular flexibility index (Phi) is 4.96. The average molecular weight is 329 g/mol. The van der Waals surface area contributed by atoms with Gasteiger partial charge in [-0.2, -0.15) is 0 Å². The first-order chi connectivity index (χ1) is 10.6. The second kappa shape index (κ2) is 6.31. The van der Waals surface area contributed by atoms with Gasteiger partial charge in [-0.3, -0.25) is 0 Å². The molecule has 0 aromatic heterocycles. The molecule has 2 aromatic rings. The summed E-state index contributed by atoms with van der Waals surface area (Å²) in [7, 11) is -1.85. The van der Waals surface area contributed by atoms with Crippen LogP contribution in [0.3, 0.4) is 0 Å². The molecule has 0 unspecified atom stereocenters. The van der Waals surface area contributed by atoms with Crippen molar-refractivity contribution in [2.24, 2.45) is 0 Å². The van der Waals surface area contributed by atoms with Crippen LogP contribution in [0.25, 0.3) is 10.8 Å². The Morgan fingerprint density at radius 1 is 0.783 bits per heavy atom. The molecule has 0 aliphatic carbocycles. The molecule has 23 heavy (non-hydrogen) atoms. The molecule has 0 heterocycles. The van der Waals surface area contributed by atoms with Gasteiger partial charge in [0.2, 0.25) is 0 Å². The van der Waals surface area contributed by atoms with Gasteiger partial charge >= 0.3 is 0 Å². The summed E-state index contributed by atoms with van der Waals surface area (Å²) in [5.41, 5.74) is 4.34. The van der Waals surface area contributed by atoms with Gasteiger partial charge in [-0.1, -0.05) is 65.3 Å². The van der Waals surface area contributed by atoms with Gasteiger partial charge < -0.3 is 5.11 Å². The minimum absolute atomic E-state index is 0.505. The molecule has 0 spiro atoms. The largest absolute Gasteiger partial charge is 0.508 e. The second-order valence-electron chi connectivity index (χ2n) is 8.07. The van der Waals surface area contributed by atoms with E-state index in [4.69, 9.17) is 0 Å². The number of hydrogen-bond acceptors (Lipinski definition) is 1. The van der Waals surface area contributed by atoms with Crippen LogP contribution in [-0.2, 0) is 0 Å². The summed E-state index contributed by atoms with van der Waals surface area (Å²) < 4.78 is 0. The lowest BCUT2D eigenvalue weighted by atomic mass is 10.0. The predicted molar refractivity (Wildman–Crippen MR) is 106 cm³/mol. The second-order valence-corrected chi connectivity index (χ2v) is 13.9. The first-order valence-corrected chi connectivity index (χ1v) is 11.1. The van der Waals surface area contributed by atoms with Gasteiger partial charge in [0, 0.05) is 0 Å². The van der Waals surface area contributed by atoms with Crippen molar-refractivity contribution in [1.29, 1.82) is 0 Å². The molecule has 0 aliphatic rings. The molecular weight excluding hydrogens is 296 g/mol. The first-order valence-electron chi connectivity index (χ1n) is 8.86. The van der Waals surface area contributed by atoms with Crippen LogP contribution in [-0.4, -0.2) is 13.2 Å². The van der Waals surface area contributed by atoms with E-state index in [0.29, 0.717) is 22.4 Å². The number of rotatable bonds is 4. The maximum absolute atomic E-state index is 10.9. The molecule has 2 aromatic carbocycles. The summed E-state index contributed by atoms with van der Waals surface area (Å²) in [5, 5.41) is 14.6. The minimum atomic E-state index is -1.85. The van der Waals surface area contributed by atoms with Crippen molar-refractivity contribution >= 4 is 24.0 Å². The van der Waals surface area contributed by atoms with Crippen molar-refractivity contribution in [3.05, 3.63) is 35.4 Å². The Hall–Kier alpha value is -1.28. The third kappa shape index (κ3) is 2.82. The summed E-state index contributed by atoms with van der Waals surface area (Å²) >= 11 is 0. The van der Waals surface area contributed by atoms with Crippen LogP contribution < -0.4 is 5.19 Å².